The van der Waals surface area contributed by atoms with E-state index in [2.05, 4.69) is 39.2 Å². The number of ether oxygens (including phenoxy) is 2. The standard InChI is InChI=1S/C24H31N5O2/c1-17(18-6-4-3-5-7-18)28-24-20-14-23(22(30-2)15-21(20)26-16-27-24)31-19-8-11-29(12-9-19)13-10-25/h3-7,14-17,19H,8-13,25H2,1-2H3,(H,26,27,28)/t17-/m1/s1. The Balaban J connectivity index is 1.57. The van der Waals surface area contributed by atoms with Crippen LogP contribution in [0.15, 0.2) is 48.8 Å². The maximum Gasteiger partial charge on any atom is 0.162 e. The molecular formula is C24H31N5O2. The fourth-order valence-corrected chi connectivity index (χ4v) is 4.07. The van der Waals surface area contributed by atoms with Gasteiger partial charge in [-0.05, 0) is 31.4 Å². The summed E-state index contributed by atoms with van der Waals surface area (Å²) in [5.74, 6) is 2.21. The Morgan fingerprint density at radius 1 is 1.13 bits per heavy atom. The number of rotatable bonds is 8. The SMILES string of the molecule is COc1cc2ncnc(N[C@H](C)c3ccccc3)c2cc1OC1CCN(CCN)CC1. The van der Waals surface area contributed by atoms with E-state index >= 15 is 0 Å². The lowest BCUT2D eigenvalue weighted by molar-refractivity contribution is 0.0998. The molecule has 1 aromatic heterocycles. The van der Waals surface area contributed by atoms with Gasteiger partial charge >= 0.3 is 0 Å². The smallest absolute Gasteiger partial charge is 0.162 e. The molecular weight excluding hydrogens is 390 g/mol. The Morgan fingerprint density at radius 3 is 2.61 bits per heavy atom. The molecule has 1 aliphatic rings. The third kappa shape index (κ3) is 5.06. The van der Waals surface area contributed by atoms with Crippen LogP contribution in [0.1, 0.15) is 31.4 Å². The van der Waals surface area contributed by atoms with Gasteiger partial charge in [-0.15, -0.1) is 0 Å². The number of fused-ring (bicyclic) bond motifs is 1. The number of hydrogen-bond acceptors (Lipinski definition) is 7. The van der Waals surface area contributed by atoms with E-state index in [4.69, 9.17) is 15.2 Å². The molecule has 0 unspecified atom stereocenters. The van der Waals surface area contributed by atoms with Crippen molar-refractivity contribution in [2.45, 2.75) is 31.9 Å². The summed E-state index contributed by atoms with van der Waals surface area (Å²) in [6, 6.07) is 14.4. The molecule has 1 atom stereocenters. The number of aromatic nitrogens is 2. The van der Waals surface area contributed by atoms with E-state index in [1.807, 2.05) is 30.3 Å². The van der Waals surface area contributed by atoms with E-state index in [1.165, 1.54) is 5.56 Å². The molecule has 0 bridgehead atoms. The first-order valence-corrected chi connectivity index (χ1v) is 10.9. The molecule has 0 radical (unpaired) electrons. The van der Waals surface area contributed by atoms with Gasteiger partial charge in [0.1, 0.15) is 18.2 Å². The van der Waals surface area contributed by atoms with E-state index in [-0.39, 0.29) is 12.1 Å². The monoisotopic (exact) mass is 421 g/mol. The topological polar surface area (TPSA) is 85.5 Å². The molecule has 3 aromatic rings. The van der Waals surface area contributed by atoms with Crippen LogP contribution in [0.25, 0.3) is 10.9 Å². The van der Waals surface area contributed by atoms with Crippen LogP contribution in [0.3, 0.4) is 0 Å². The zero-order chi connectivity index (χ0) is 21.6. The van der Waals surface area contributed by atoms with Gasteiger partial charge in [-0.1, -0.05) is 30.3 Å². The minimum atomic E-state index is 0.109. The first-order chi connectivity index (χ1) is 15.2. The second kappa shape index (κ2) is 9.94. The van der Waals surface area contributed by atoms with Crippen molar-refractivity contribution in [3.05, 3.63) is 54.4 Å². The van der Waals surface area contributed by atoms with Crippen LogP contribution >= 0.6 is 0 Å². The highest BCUT2D eigenvalue weighted by Crippen LogP contribution is 2.36. The number of benzene rings is 2. The predicted octanol–water partition coefficient (Wildman–Crippen LogP) is 3.61. The minimum absolute atomic E-state index is 0.109. The highest BCUT2D eigenvalue weighted by molar-refractivity contribution is 5.91. The Morgan fingerprint density at radius 2 is 1.90 bits per heavy atom. The molecule has 7 heteroatoms. The van der Waals surface area contributed by atoms with Crippen LogP contribution < -0.4 is 20.5 Å². The van der Waals surface area contributed by atoms with Crippen LogP contribution in [0.2, 0.25) is 0 Å². The molecule has 0 aliphatic carbocycles. The summed E-state index contributed by atoms with van der Waals surface area (Å²) in [4.78, 5) is 11.3. The minimum Gasteiger partial charge on any atom is -0.493 e. The molecule has 2 aromatic carbocycles. The van der Waals surface area contributed by atoms with Crippen molar-refractivity contribution in [2.75, 3.05) is 38.6 Å². The molecule has 0 spiro atoms. The summed E-state index contributed by atoms with van der Waals surface area (Å²) in [6.07, 6.45) is 3.69. The highest BCUT2D eigenvalue weighted by atomic mass is 16.5. The largest absolute Gasteiger partial charge is 0.493 e. The zero-order valence-electron chi connectivity index (χ0n) is 18.3. The van der Waals surface area contributed by atoms with Gasteiger partial charge in [-0.3, -0.25) is 0 Å². The number of piperidine rings is 1. The molecule has 164 valence electrons. The van der Waals surface area contributed by atoms with Crippen LogP contribution in [0.5, 0.6) is 11.5 Å². The lowest BCUT2D eigenvalue weighted by atomic mass is 10.1. The first-order valence-electron chi connectivity index (χ1n) is 10.9. The van der Waals surface area contributed by atoms with E-state index in [0.717, 1.165) is 54.9 Å². The lowest BCUT2D eigenvalue weighted by Crippen LogP contribution is -2.40. The number of nitrogens with two attached hydrogens (primary N) is 1. The van der Waals surface area contributed by atoms with Crippen LogP contribution in [0, 0.1) is 0 Å². The van der Waals surface area contributed by atoms with Crippen LogP contribution in [-0.2, 0) is 0 Å². The molecule has 31 heavy (non-hydrogen) atoms. The second-order valence-electron chi connectivity index (χ2n) is 7.97. The summed E-state index contributed by atoms with van der Waals surface area (Å²) in [6.45, 7) is 5.77. The number of methoxy groups -OCH3 is 1. The summed E-state index contributed by atoms with van der Waals surface area (Å²) >= 11 is 0. The van der Waals surface area contributed by atoms with Crippen molar-refractivity contribution >= 4 is 16.7 Å². The van der Waals surface area contributed by atoms with Gasteiger partial charge in [0.05, 0.1) is 12.6 Å². The van der Waals surface area contributed by atoms with E-state index < -0.39 is 0 Å². The number of nitrogens with one attached hydrogen (secondary N) is 1. The quantitative estimate of drug-likeness (QED) is 0.575. The Kier molecular flexibility index (Phi) is 6.84. The van der Waals surface area contributed by atoms with Crippen molar-refractivity contribution < 1.29 is 9.47 Å². The molecule has 3 N–H and O–H groups in total. The second-order valence-corrected chi connectivity index (χ2v) is 7.97. The normalized spacial score (nSPS) is 16.2. The zero-order valence-corrected chi connectivity index (χ0v) is 18.3. The summed E-state index contributed by atoms with van der Waals surface area (Å²) < 4.78 is 12.0. The van der Waals surface area contributed by atoms with Gasteiger partial charge in [0.15, 0.2) is 11.5 Å². The summed E-state index contributed by atoms with van der Waals surface area (Å²) in [5, 5.41) is 4.44. The third-order valence-corrected chi connectivity index (χ3v) is 5.85. The van der Waals surface area contributed by atoms with Gasteiger partial charge < -0.3 is 25.4 Å². The van der Waals surface area contributed by atoms with Gasteiger partial charge in [0, 0.05) is 43.7 Å². The van der Waals surface area contributed by atoms with Gasteiger partial charge in [0.25, 0.3) is 0 Å². The van der Waals surface area contributed by atoms with Gasteiger partial charge in [0.2, 0.25) is 0 Å². The summed E-state index contributed by atoms with van der Waals surface area (Å²) in [5.41, 5.74) is 7.70. The molecule has 1 saturated heterocycles. The average Bonchev–Trinajstić information content (AvgIpc) is 2.81. The third-order valence-electron chi connectivity index (χ3n) is 5.85. The highest BCUT2D eigenvalue weighted by Gasteiger charge is 2.22. The van der Waals surface area contributed by atoms with E-state index in [0.29, 0.717) is 12.3 Å². The van der Waals surface area contributed by atoms with Gasteiger partial charge in [-0.25, -0.2) is 9.97 Å². The number of anilines is 1. The molecule has 0 amide bonds. The summed E-state index contributed by atoms with van der Waals surface area (Å²) in [7, 11) is 1.66. The maximum absolute atomic E-state index is 6.39. The predicted molar refractivity (Wildman–Crippen MR) is 124 cm³/mol. The Hall–Kier alpha value is -2.90. The van der Waals surface area contributed by atoms with E-state index in [9.17, 15) is 0 Å². The average molecular weight is 422 g/mol. The molecule has 2 heterocycles. The molecule has 7 nitrogen and oxygen atoms in total. The Bertz CT molecular complexity index is 990. The lowest BCUT2D eigenvalue weighted by Gasteiger charge is -2.32. The van der Waals surface area contributed by atoms with Crippen molar-refractivity contribution in [3.63, 3.8) is 0 Å². The molecule has 4 rings (SSSR count). The maximum atomic E-state index is 6.39. The Labute approximate surface area is 183 Å². The van der Waals surface area contributed by atoms with Crippen molar-refractivity contribution in [2.24, 2.45) is 5.73 Å². The first kappa shape index (κ1) is 21.3. The van der Waals surface area contributed by atoms with Crippen molar-refractivity contribution in [1.82, 2.24) is 14.9 Å². The van der Waals surface area contributed by atoms with E-state index in [1.54, 1.807) is 13.4 Å². The number of hydrogen-bond donors (Lipinski definition) is 2. The number of nitrogens with zero attached hydrogens (tertiary/aromatic N) is 3. The fourth-order valence-electron chi connectivity index (χ4n) is 4.07. The molecule has 0 saturated carbocycles. The van der Waals surface area contributed by atoms with Crippen LogP contribution in [0.4, 0.5) is 5.82 Å². The van der Waals surface area contributed by atoms with Gasteiger partial charge in [-0.2, -0.15) is 0 Å². The fraction of sp³-hybridized carbons (Fsp3) is 0.417. The molecule has 1 fully saturated rings. The van der Waals surface area contributed by atoms with Crippen LogP contribution in [-0.4, -0.2) is 54.3 Å². The van der Waals surface area contributed by atoms with Crippen molar-refractivity contribution in [1.29, 1.82) is 0 Å². The molecule has 1 aliphatic heterocycles. The van der Waals surface area contributed by atoms with Crippen molar-refractivity contribution in [3.8, 4) is 11.5 Å². The number of likely N-dealkylation sites (tertiary alicyclic amines) is 1.